The number of aryl methyl sites for hydroxylation is 1. The highest BCUT2D eigenvalue weighted by molar-refractivity contribution is 5.76. The number of carbonyl (C=O) groups excluding carboxylic acids is 1. The van der Waals surface area contributed by atoms with Crippen LogP contribution in [0.4, 0.5) is 0 Å². The summed E-state index contributed by atoms with van der Waals surface area (Å²) in [7, 11) is 0. The molecule has 0 saturated heterocycles. The molecule has 0 spiro atoms. The van der Waals surface area contributed by atoms with E-state index in [0.29, 0.717) is 13.0 Å². The summed E-state index contributed by atoms with van der Waals surface area (Å²) in [6.07, 6.45) is 5.93. The highest BCUT2D eigenvalue weighted by atomic mass is 16.1. The van der Waals surface area contributed by atoms with Crippen LogP contribution in [0.25, 0.3) is 0 Å². The first kappa shape index (κ1) is 15.8. The third-order valence-corrected chi connectivity index (χ3v) is 2.67. The maximum absolute atomic E-state index is 11.6. The first-order chi connectivity index (χ1) is 8.90. The molecule has 1 amide bonds. The van der Waals surface area contributed by atoms with Crippen LogP contribution >= 0.6 is 0 Å². The Morgan fingerprint density at radius 2 is 2.11 bits per heavy atom. The summed E-state index contributed by atoms with van der Waals surface area (Å²) >= 11 is 0. The van der Waals surface area contributed by atoms with Crippen molar-refractivity contribution in [3.63, 3.8) is 0 Å². The number of rotatable bonds is 7. The largest absolute Gasteiger partial charge is 0.354 e. The molecule has 2 N–H and O–H groups in total. The van der Waals surface area contributed by atoms with E-state index in [9.17, 15) is 4.79 Å². The van der Waals surface area contributed by atoms with E-state index in [2.05, 4.69) is 40.6 Å². The molecular formula is C15H27N3O. The first-order valence-corrected chi connectivity index (χ1v) is 7.07. The smallest absolute Gasteiger partial charge is 0.221 e. The number of amides is 1. The number of nitrogens with zero attached hydrogens (tertiary/aromatic N) is 1. The average molecular weight is 265 g/mol. The molecule has 0 radical (unpaired) electrons. The molecule has 0 fully saturated rings. The lowest BCUT2D eigenvalue weighted by molar-refractivity contribution is -0.122. The van der Waals surface area contributed by atoms with Gasteiger partial charge in [0.15, 0.2) is 0 Å². The highest BCUT2D eigenvalue weighted by Gasteiger charge is 2.12. The standard InChI is InChI=1S/C15H27N3O/c1-5-9-18-10-7-13(12-18)11-16-8-6-14(19)17-15(2,3)4/h7,10,12,16H,5-6,8-9,11H2,1-4H3,(H,17,19). The number of carbonyl (C=O) groups is 1. The molecule has 108 valence electrons. The van der Waals surface area contributed by atoms with Gasteiger partial charge in [-0.2, -0.15) is 0 Å². The Kier molecular flexibility index (Phi) is 6.09. The quantitative estimate of drug-likeness (QED) is 0.743. The first-order valence-electron chi connectivity index (χ1n) is 7.07. The van der Waals surface area contributed by atoms with Gasteiger partial charge >= 0.3 is 0 Å². The average Bonchev–Trinajstić information content (AvgIpc) is 2.70. The molecule has 1 aromatic heterocycles. The van der Waals surface area contributed by atoms with Gasteiger partial charge in [0.05, 0.1) is 0 Å². The van der Waals surface area contributed by atoms with Crippen LogP contribution in [0.15, 0.2) is 18.5 Å². The van der Waals surface area contributed by atoms with Crippen molar-refractivity contribution in [2.24, 2.45) is 0 Å². The minimum atomic E-state index is -0.144. The molecule has 0 aliphatic carbocycles. The lowest BCUT2D eigenvalue weighted by atomic mass is 10.1. The van der Waals surface area contributed by atoms with Gasteiger partial charge in [-0.3, -0.25) is 4.79 Å². The summed E-state index contributed by atoms with van der Waals surface area (Å²) in [6.45, 7) is 10.7. The van der Waals surface area contributed by atoms with Crippen molar-refractivity contribution < 1.29 is 4.79 Å². The van der Waals surface area contributed by atoms with Crippen molar-refractivity contribution in [3.8, 4) is 0 Å². The van der Waals surface area contributed by atoms with Crippen LogP contribution in [-0.2, 0) is 17.9 Å². The van der Waals surface area contributed by atoms with Gasteiger partial charge in [-0.1, -0.05) is 6.92 Å². The van der Waals surface area contributed by atoms with Crippen molar-refractivity contribution in [2.45, 2.75) is 59.2 Å². The van der Waals surface area contributed by atoms with Crippen LogP contribution in [0.5, 0.6) is 0 Å². The van der Waals surface area contributed by atoms with Gasteiger partial charge in [-0.15, -0.1) is 0 Å². The van der Waals surface area contributed by atoms with Crippen molar-refractivity contribution in [1.29, 1.82) is 0 Å². The van der Waals surface area contributed by atoms with Gasteiger partial charge in [0.2, 0.25) is 5.91 Å². The maximum Gasteiger partial charge on any atom is 0.221 e. The summed E-state index contributed by atoms with van der Waals surface area (Å²) in [4.78, 5) is 11.6. The van der Waals surface area contributed by atoms with Crippen LogP contribution in [0.1, 0.15) is 46.1 Å². The van der Waals surface area contributed by atoms with Gasteiger partial charge < -0.3 is 15.2 Å². The molecule has 4 nitrogen and oxygen atoms in total. The highest BCUT2D eigenvalue weighted by Crippen LogP contribution is 2.02. The van der Waals surface area contributed by atoms with Gasteiger partial charge in [0, 0.05) is 44.0 Å². The van der Waals surface area contributed by atoms with Crippen LogP contribution in [0.2, 0.25) is 0 Å². The Balaban J connectivity index is 2.18. The Labute approximate surface area is 116 Å². The molecule has 0 aromatic carbocycles. The summed E-state index contributed by atoms with van der Waals surface area (Å²) < 4.78 is 2.20. The van der Waals surface area contributed by atoms with E-state index in [1.54, 1.807) is 0 Å². The van der Waals surface area contributed by atoms with Crippen molar-refractivity contribution >= 4 is 5.91 Å². The zero-order chi connectivity index (χ0) is 14.3. The monoisotopic (exact) mass is 265 g/mol. The summed E-state index contributed by atoms with van der Waals surface area (Å²) in [6, 6.07) is 2.12. The van der Waals surface area contributed by atoms with Crippen LogP contribution in [-0.4, -0.2) is 22.6 Å². The van der Waals surface area contributed by atoms with E-state index >= 15 is 0 Å². The second-order valence-corrected chi connectivity index (χ2v) is 5.98. The third-order valence-electron chi connectivity index (χ3n) is 2.67. The Morgan fingerprint density at radius 3 is 2.74 bits per heavy atom. The van der Waals surface area contributed by atoms with E-state index in [1.807, 2.05) is 20.8 Å². The van der Waals surface area contributed by atoms with Crippen molar-refractivity contribution in [1.82, 2.24) is 15.2 Å². The third kappa shape index (κ3) is 7.01. The molecule has 0 unspecified atom stereocenters. The zero-order valence-corrected chi connectivity index (χ0v) is 12.6. The van der Waals surface area contributed by atoms with E-state index in [1.165, 1.54) is 5.56 Å². The van der Waals surface area contributed by atoms with Gasteiger partial charge in [0.25, 0.3) is 0 Å². The topological polar surface area (TPSA) is 46.1 Å². The Morgan fingerprint density at radius 1 is 1.37 bits per heavy atom. The molecule has 0 aliphatic heterocycles. The minimum Gasteiger partial charge on any atom is -0.354 e. The molecule has 0 bridgehead atoms. The lowest BCUT2D eigenvalue weighted by Gasteiger charge is -2.20. The van der Waals surface area contributed by atoms with E-state index in [4.69, 9.17) is 0 Å². The zero-order valence-electron chi connectivity index (χ0n) is 12.6. The molecule has 0 aliphatic rings. The Bertz CT molecular complexity index is 390. The minimum absolute atomic E-state index is 0.101. The van der Waals surface area contributed by atoms with Crippen LogP contribution < -0.4 is 10.6 Å². The van der Waals surface area contributed by atoms with Crippen LogP contribution in [0.3, 0.4) is 0 Å². The SMILES string of the molecule is CCCn1ccc(CNCCC(=O)NC(C)(C)C)c1. The van der Waals surface area contributed by atoms with E-state index in [-0.39, 0.29) is 11.4 Å². The molecule has 0 saturated carbocycles. The van der Waals surface area contributed by atoms with E-state index in [0.717, 1.165) is 19.5 Å². The number of nitrogens with one attached hydrogen (secondary N) is 2. The second-order valence-electron chi connectivity index (χ2n) is 5.98. The Hall–Kier alpha value is -1.29. The van der Waals surface area contributed by atoms with Gasteiger partial charge in [-0.05, 0) is 38.8 Å². The fourth-order valence-electron chi connectivity index (χ4n) is 1.91. The van der Waals surface area contributed by atoms with E-state index < -0.39 is 0 Å². The molecule has 0 atom stereocenters. The summed E-state index contributed by atoms with van der Waals surface area (Å²) in [5.41, 5.74) is 1.12. The van der Waals surface area contributed by atoms with Crippen molar-refractivity contribution in [2.75, 3.05) is 6.54 Å². The fraction of sp³-hybridized carbons (Fsp3) is 0.667. The summed E-state index contributed by atoms with van der Waals surface area (Å²) in [5, 5.41) is 6.26. The predicted octanol–water partition coefficient (Wildman–Crippen LogP) is 2.29. The fourth-order valence-corrected chi connectivity index (χ4v) is 1.91. The maximum atomic E-state index is 11.6. The molecule has 1 aromatic rings. The molecule has 19 heavy (non-hydrogen) atoms. The number of hydrogen-bond donors (Lipinski definition) is 2. The normalized spacial score (nSPS) is 11.6. The van der Waals surface area contributed by atoms with Gasteiger partial charge in [-0.25, -0.2) is 0 Å². The van der Waals surface area contributed by atoms with Crippen molar-refractivity contribution in [3.05, 3.63) is 24.0 Å². The molecule has 1 heterocycles. The second kappa shape index (κ2) is 7.34. The lowest BCUT2D eigenvalue weighted by Crippen LogP contribution is -2.41. The van der Waals surface area contributed by atoms with Gasteiger partial charge in [0.1, 0.15) is 0 Å². The number of hydrogen-bond acceptors (Lipinski definition) is 2. The molecule has 1 rings (SSSR count). The van der Waals surface area contributed by atoms with Crippen LogP contribution in [0, 0.1) is 0 Å². The molecule has 4 heteroatoms. The number of aromatic nitrogens is 1. The molecular weight excluding hydrogens is 238 g/mol. The predicted molar refractivity (Wildman–Crippen MR) is 78.9 cm³/mol. The summed E-state index contributed by atoms with van der Waals surface area (Å²) in [5.74, 6) is 0.101.